The monoisotopic (exact) mass is 323 g/mol. The molecule has 0 radical (unpaired) electrons. The molecule has 122 valence electrons. The molecule has 0 aliphatic carbocycles. The minimum Gasteiger partial charge on any atom is -0.368 e. The third-order valence-electron chi connectivity index (χ3n) is 3.70. The maximum atomic E-state index is 12.3. The van der Waals surface area contributed by atoms with E-state index >= 15 is 0 Å². The quantitative estimate of drug-likeness (QED) is 0.850. The summed E-state index contributed by atoms with van der Waals surface area (Å²) in [6.45, 7) is 0.346. The van der Waals surface area contributed by atoms with Gasteiger partial charge in [-0.2, -0.15) is 5.10 Å². The van der Waals surface area contributed by atoms with Gasteiger partial charge >= 0.3 is 0 Å². The van der Waals surface area contributed by atoms with E-state index in [2.05, 4.69) is 15.4 Å². The molecule has 0 spiro atoms. The Morgan fingerprint density at radius 2 is 2.00 bits per heavy atom. The molecule has 3 rings (SSSR count). The zero-order valence-electron chi connectivity index (χ0n) is 12.9. The zero-order valence-corrected chi connectivity index (χ0v) is 12.9. The highest BCUT2D eigenvalue weighted by Crippen LogP contribution is 2.24. The Morgan fingerprint density at radius 1 is 1.21 bits per heavy atom. The molecule has 1 aliphatic heterocycles. The molecule has 1 aromatic heterocycles. The lowest BCUT2D eigenvalue weighted by molar-refractivity contribution is -0.119. The number of rotatable bonds is 5. The normalized spacial score (nSPS) is 16.6. The van der Waals surface area contributed by atoms with Crippen LogP contribution in [0, 0.1) is 0 Å². The summed E-state index contributed by atoms with van der Waals surface area (Å²) in [6.07, 6.45) is 3.53. The fourth-order valence-corrected chi connectivity index (χ4v) is 2.47. The smallest absolute Gasteiger partial charge is 0.267 e. The lowest BCUT2D eigenvalue weighted by Gasteiger charge is -2.20. The minimum atomic E-state index is -0.661. The summed E-state index contributed by atoms with van der Waals surface area (Å²) < 4.78 is 0. The molecule has 7 nitrogen and oxygen atoms in total. The van der Waals surface area contributed by atoms with Gasteiger partial charge in [0, 0.05) is 25.4 Å². The number of carbonyl (C=O) groups excluding carboxylic acids is 2. The van der Waals surface area contributed by atoms with Crippen molar-refractivity contribution in [3.63, 3.8) is 0 Å². The summed E-state index contributed by atoms with van der Waals surface area (Å²) in [6, 6.07) is 12.2. The van der Waals surface area contributed by atoms with Crippen molar-refractivity contribution in [2.45, 2.75) is 19.0 Å². The van der Waals surface area contributed by atoms with Crippen molar-refractivity contribution in [2.75, 3.05) is 5.01 Å². The number of hydrogen-bond donors (Lipinski definition) is 2. The van der Waals surface area contributed by atoms with Gasteiger partial charge in [-0.1, -0.05) is 24.3 Å². The van der Waals surface area contributed by atoms with E-state index in [1.54, 1.807) is 18.5 Å². The van der Waals surface area contributed by atoms with Gasteiger partial charge in [0.1, 0.15) is 11.8 Å². The summed E-state index contributed by atoms with van der Waals surface area (Å²) in [7, 11) is 0. The molecule has 0 bridgehead atoms. The Balaban J connectivity index is 1.73. The number of hydrogen-bond acceptors (Lipinski definition) is 5. The molecule has 0 saturated carbocycles. The summed E-state index contributed by atoms with van der Waals surface area (Å²) in [4.78, 5) is 28.0. The predicted molar refractivity (Wildman–Crippen MR) is 90.0 cm³/mol. The van der Waals surface area contributed by atoms with Crippen molar-refractivity contribution in [1.29, 1.82) is 0 Å². The highest BCUT2D eigenvalue weighted by atomic mass is 16.2. The largest absolute Gasteiger partial charge is 0.368 e. The zero-order chi connectivity index (χ0) is 16.9. The first-order valence-electron chi connectivity index (χ1n) is 7.53. The lowest BCUT2D eigenvalue weighted by atomic mass is 10.1. The Labute approximate surface area is 139 Å². The van der Waals surface area contributed by atoms with E-state index in [4.69, 9.17) is 5.73 Å². The minimum absolute atomic E-state index is 0.184. The van der Waals surface area contributed by atoms with Crippen molar-refractivity contribution in [2.24, 2.45) is 10.8 Å². The summed E-state index contributed by atoms with van der Waals surface area (Å²) in [5.41, 5.74) is 7.35. The van der Waals surface area contributed by atoms with Crippen LogP contribution >= 0.6 is 0 Å². The van der Waals surface area contributed by atoms with Crippen molar-refractivity contribution >= 4 is 23.2 Å². The number of para-hydroxylation sites is 1. The Hall–Kier alpha value is -3.22. The third-order valence-corrected chi connectivity index (χ3v) is 3.70. The van der Waals surface area contributed by atoms with Crippen LogP contribution < -0.4 is 16.1 Å². The molecule has 2 amide bonds. The molecule has 1 aliphatic rings. The van der Waals surface area contributed by atoms with E-state index in [9.17, 15) is 9.59 Å². The number of pyridine rings is 1. The van der Waals surface area contributed by atoms with E-state index in [-0.39, 0.29) is 18.0 Å². The molecule has 3 N–H and O–H groups in total. The second-order valence-corrected chi connectivity index (χ2v) is 5.39. The van der Waals surface area contributed by atoms with Crippen LogP contribution in [0.25, 0.3) is 0 Å². The van der Waals surface area contributed by atoms with Crippen LogP contribution in [0.2, 0.25) is 0 Å². The molecular formula is C17H17N5O2. The molecule has 2 aromatic rings. The average Bonchev–Trinajstić information content (AvgIpc) is 3.07. The van der Waals surface area contributed by atoms with Crippen molar-refractivity contribution < 1.29 is 9.59 Å². The Kier molecular flexibility index (Phi) is 4.51. The molecule has 24 heavy (non-hydrogen) atoms. The van der Waals surface area contributed by atoms with E-state index in [0.29, 0.717) is 6.54 Å². The van der Waals surface area contributed by atoms with E-state index in [1.165, 1.54) is 5.01 Å². The average molecular weight is 323 g/mol. The van der Waals surface area contributed by atoms with Crippen LogP contribution in [0.5, 0.6) is 0 Å². The Bertz CT molecular complexity index is 761. The van der Waals surface area contributed by atoms with Gasteiger partial charge in [-0.25, -0.2) is 0 Å². The number of benzene rings is 1. The van der Waals surface area contributed by atoms with Crippen molar-refractivity contribution in [1.82, 2.24) is 10.3 Å². The van der Waals surface area contributed by atoms with Crippen LogP contribution in [-0.4, -0.2) is 28.6 Å². The van der Waals surface area contributed by atoms with Crippen LogP contribution in [0.1, 0.15) is 12.0 Å². The van der Waals surface area contributed by atoms with Gasteiger partial charge in [0.2, 0.25) is 5.91 Å². The van der Waals surface area contributed by atoms with E-state index < -0.39 is 11.9 Å². The van der Waals surface area contributed by atoms with Gasteiger partial charge in [0.25, 0.3) is 5.91 Å². The second-order valence-electron chi connectivity index (χ2n) is 5.39. The van der Waals surface area contributed by atoms with Gasteiger partial charge in [-0.3, -0.25) is 19.6 Å². The number of primary amides is 1. The van der Waals surface area contributed by atoms with Gasteiger partial charge in [0.15, 0.2) is 0 Å². The fraction of sp³-hybridized carbons (Fsp3) is 0.176. The number of nitrogens with two attached hydrogens (primary N) is 1. The molecular weight excluding hydrogens is 306 g/mol. The number of amides is 2. The number of hydrazone groups is 1. The standard InChI is InChI=1S/C17H17N5O2/c18-16(23)15-9-14(21-22(15)13-6-2-1-3-7-13)17(24)20-11-12-5-4-8-19-10-12/h1-8,10,15H,9,11H2,(H2,18,23)(H,20,24)/t15-/m1/s1. The highest BCUT2D eigenvalue weighted by Gasteiger charge is 2.34. The molecule has 0 unspecified atom stereocenters. The number of nitrogens with zero attached hydrogens (tertiary/aromatic N) is 3. The SMILES string of the molecule is NC(=O)[C@H]1CC(C(=O)NCc2cccnc2)=NN1c1ccccc1. The van der Waals surface area contributed by atoms with Crippen molar-refractivity contribution in [3.8, 4) is 0 Å². The van der Waals surface area contributed by atoms with Crippen LogP contribution in [-0.2, 0) is 16.1 Å². The first kappa shape index (κ1) is 15.7. The first-order chi connectivity index (χ1) is 11.6. The maximum Gasteiger partial charge on any atom is 0.267 e. The molecule has 2 heterocycles. The second kappa shape index (κ2) is 6.91. The molecule has 0 fully saturated rings. The maximum absolute atomic E-state index is 12.3. The number of nitrogens with one attached hydrogen (secondary N) is 1. The van der Waals surface area contributed by atoms with Crippen LogP contribution in [0.15, 0.2) is 60.0 Å². The molecule has 1 aromatic carbocycles. The summed E-state index contributed by atoms with van der Waals surface area (Å²) >= 11 is 0. The van der Waals surface area contributed by atoms with E-state index in [1.807, 2.05) is 36.4 Å². The van der Waals surface area contributed by atoms with Crippen LogP contribution in [0.4, 0.5) is 5.69 Å². The van der Waals surface area contributed by atoms with Crippen LogP contribution in [0.3, 0.4) is 0 Å². The topological polar surface area (TPSA) is 101 Å². The van der Waals surface area contributed by atoms with E-state index in [0.717, 1.165) is 11.3 Å². The summed E-state index contributed by atoms with van der Waals surface area (Å²) in [5, 5.41) is 8.58. The van der Waals surface area contributed by atoms with Gasteiger partial charge in [-0.15, -0.1) is 0 Å². The number of anilines is 1. The third kappa shape index (κ3) is 3.40. The van der Waals surface area contributed by atoms with Gasteiger partial charge < -0.3 is 11.1 Å². The van der Waals surface area contributed by atoms with Gasteiger partial charge in [0.05, 0.1) is 5.69 Å². The first-order valence-corrected chi connectivity index (χ1v) is 7.53. The van der Waals surface area contributed by atoms with Crippen molar-refractivity contribution in [3.05, 3.63) is 60.4 Å². The molecule has 7 heteroatoms. The summed E-state index contributed by atoms with van der Waals surface area (Å²) in [5.74, 6) is -0.832. The number of aromatic nitrogens is 1. The molecule has 1 atom stereocenters. The Morgan fingerprint density at radius 3 is 2.67 bits per heavy atom. The lowest BCUT2D eigenvalue weighted by Crippen LogP contribution is -2.39. The fourth-order valence-electron chi connectivity index (χ4n) is 2.47. The molecule has 0 saturated heterocycles. The van der Waals surface area contributed by atoms with Gasteiger partial charge in [-0.05, 0) is 23.8 Å². The highest BCUT2D eigenvalue weighted by molar-refractivity contribution is 6.40. The predicted octanol–water partition coefficient (Wildman–Crippen LogP) is 0.818. The number of carbonyl (C=O) groups is 2.